The fourth-order valence-electron chi connectivity index (χ4n) is 2.89. The van der Waals surface area contributed by atoms with Crippen LogP contribution in [-0.4, -0.2) is 54.3 Å². The summed E-state index contributed by atoms with van der Waals surface area (Å²) >= 11 is 0. The topological polar surface area (TPSA) is 145 Å². The SMILES string of the molecule is Nc1nccnc1C(=O)OCC(=O)Nc1cccc(S(=O)(=O)N2CCCCC2)c1. The van der Waals surface area contributed by atoms with Gasteiger partial charge in [0.05, 0.1) is 4.90 Å². The van der Waals surface area contributed by atoms with Crippen molar-refractivity contribution >= 4 is 33.4 Å². The van der Waals surface area contributed by atoms with Crippen molar-refractivity contribution < 1.29 is 22.7 Å². The van der Waals surface area contributed by atoms with Gasteiger partial charge in [0.25, 0.3) is 5.91 Å². The summed E-state index contributed by atoms with van der Waals surface area (Å²) in [6, 6.07) is 5.95. The van der Waals surface area contributed by atoms with E-state index < -0.39 is 28.5 Å². The molecule has 29 heavy (non-hydrogen) atoms. The molecule has 154 valence electrons. The fraction of sp³-hybridized carbons (Fsp3) is 0.333. The van der Waals surface area contributed by atoms with Gasteiger partial charge in [0.15, 0.2) is 18.1 Å². The van der Waals surface area contributed by atoms with E-state index in [1.165, 1.54) is 28.8 Å². The summed E-state index contributed by atoms with van der Waals surface area (Å²) in [5, 5.41) is 2.51. The molecule has 1 aliphatic heterocycles. The normalized spacial score (nSPS) is 14.9. The number of hydrogen-bond acceptors (Lipinski definition) is 8. The van der Waals surface area contributed by atoms with Gasteiger partial charge in [0.1, 0.15) is 0 Å². The average Bonchev–Trinajstić information content (AvgIpc) is 2.73. The second-order valence-corrected chi connectivity index (χ2v) is 8.35. The van der Waals surface area contributed by atoms with Crippen molar-refractivity contribution in [2.75, 3.05) is 30.7 Å². The van der Waals surface area contributed by atoms with E-state index >= 15 is 0 Å². The van der Waals surface area contributed by atoms with Gasteiger partial charge < -0.3 is 15.8 Å². The summed E-state index contributed by atoms with van der Waals surface area (Å²) in [5.41, 5.74) is 5.63. The molecular formula is C18H21N5O5S. The first kappa shape index (κ1) is 20.7. The number of piperidine rings is 1. The lowest BCUT2D eigenvalue weighted by Gasteiger charge is -2.26. The molecule has 1 aliphatic rings. The predicted molar refractivity (Wildman–Crippen MR) is 104 cm³/mol. The number of nitrogens with two attached hydrogens (primary N) is 1. The van der Waals surface area contributed by atoms with Gasteiger partial charge in [0.2, 0.25) is 10.0 Å². The number of carbonyl (C=O) groups excluding carboxylic acids is 2. The number of nitrogens with one attached hydrogen (secondary N) is 1. The monoisotopic (exact) mass is 419 g/mol. The largest absolute Gasteiger partial charge is 0.451 e. The molecular weight excluding hydrogens is 398 g/mol. The fourth-order valence-corrected chi connectivity index (χ4v) is 4.45. The molecule has 2 aromatic rings. The number of ether oxygens (including phenoxy) is 1. The molecule has 0 atom stereocenters. The first-order valence-electron chi connectivity index (χ1n) is 9.01. The van der Waals surface area contributed by atoms with Crippen LogP contribution < -0.4 is 11.1 Å². The number of rotatable bonds is 6. The molecule has 3 rings (SSSR count). The van der Waals surface area contributed by atoms with Crippen molar-refractivity contribution in [2.45, 2.75) is 24.2 Å². The number of hydrogen-bond donors (Lipinski definition) is 2. The molecule has 1 aromatic heterocycles. The number of benzene rings is 1. The molecule has 3 N–H and O–H groups in total. The van der Waals surface area contributed by atoms with Gasteiger partial charge in [-0.15, -0.1) is 0 Å². The zero-order valence-corrected chi connectivity index (χ0v) is 16.4. The number of esters is 1. The summed E-state index contributed by atoms with van der Waals surface area (Å²) in [5.74, 6) is -1.62. The highest BCUT2D eigenvalue weighted by Gasteiger charge is 2.26. The lowest BCUT2D eigenvalue weighted by molar-refractivity contribution is -0.119. The number of carbonyl (C=O) groups is 2. The van der Waals surface area contributed by atoms with Crippen LogP contribution in [0.3, 0.4) is 0 Å². The first-order chi connectivity index (χ1) is 13.9. The second-order valence-electron chi connectivity index (χ2n) is 6.41. The predicted octanol–water partition coefficient (Wildman–Crippen LogP) is 1.03. The van der Waals surface area contributed by atoms with Gasteiger partial charge in [0, 0.05) is 31.2 Å². The zero-order chi connectivity index (χ0) is 20.9. The van der Waals surface area contributed by atoms with Crippen LogP contribution in [0.15, 0.2) is 41.6 Å². The number of anilines is 2. The third-order valence-electron chi connectivity index (χ3n) is 4.32. The average molecular weight is 419 g/mol. The Balaban J connectivity index is 1.62. The van der Waals surface area contributed by atoms with Crippen LogP contribution in [0.25, 0.3) is 0 Å². The molecule has 1 amide bonds. The van der Waals surface area contributed by atoms with Crippen LogP contribution in [0.4, 0.5) is 11.5 Å². The van der Waals surface area contributed by atoms with Crippen molar-refractivity contribution in [2.24, 2.45) is 0 Å². The maximum Gasteiger partial charge on any atom is 0.361 e. The highest BCUT2D eigenvalue weighted by Crippen LogP contribution is 2.22. The lowest BCUT2D eigenvalue weighted by Crippen LogP contribution is -2.35. The van der Waals surface area contributed by atoms with Gasteiger partial charge in [-0.3, -0.25) is 4.79 Å². The van der Waals surface area contributed by atoms with E-state index in [1.807, 2.05) is 0 Å². The first-order valence-corrected chi connectivity index (χ1v) is 10.5. The Morgan fingerprint density at radius 2 is 1.86 bits per heavy atom. The molecule has 0 saturated carbocycles. The highest BCUT2D eigenvalue weighted by atomic mass is 32.2. The quantitative estimate of drug-likeness (QED) is 0.661. The maximum absolute atomic E-state index is 12.7. The van der Waals surface area contributed by atoms with Gasteiger partial charge in [-0.25, -0.2) is 23.2 Å². The zero-order valence-electron chi connectivity index (χ0n) is 15.6. The summed E-state index contributed by atoms with van der Waals surface area (Å²) in [4.78, 5) is 31.6. The summed E-state index contributed by atoms with van der Waals surface area (Å²) in [6.45, 7) is 0.388. The maximum atomic E-state index is 12.7. The lowest BCUT2D eigenvalue weighted by atomic mass is 10.2. The molecule has 0 radical (unpaired) electrons. The Morgan fingerprint density at radius 3 is 2.59 bits per heavy atom. The Morgan fingerprint density at radius 1 is 1.14 bits per heavy atom. The van der Waals surface area contributed by atoms with Gasteiger partial charge >= 0.3 is 5.97 Å². The summed E-state index contributed by atoms with van der Waals surface area (Å²) < 4.78 is 31.8. The van der Waals surface area contributed by atoms with E-state index in [9.17, 15) is 18.0 Å². The molecule has 2 heterocycles. The molecule has 0 unspecified atom stereocenters. The van der Waals surface area contributed by atoms with E-state index in [4.69, 9.17) is 10.5 Å². The molecule has 1 fully saturated rings. The number of aromatic nitrogens is 2. The van der Waals surface area contributed by atoms with Crippen LogP contribution >= 0.6 is 0 Å². The molecule has 11 heteroatoms. The molecule has 1 saturated heterocycles. The molecule has 1 aromatic carbocycles. The van der Waals surface area contributed by atoms with Crippen molar-refractivity contribution in [3.8, 4) is 0 Å². The number of amides is 1. The van der Waals surface area contributed by atoms with Gasteiger partial charge in [-0.05, 0) is 31.0 Å². The van der Waals surface area contributed by atoms with Crippen LogP contribution in [0, 0.1) is 0 Å². The minimum absolute atomic E-state index is 0.0986. The van der Waals surface area contributed by atoms with Crippen molar-refractivity contribution in [3.05, 3.63) is 42.4 Å². The standard InChI is InChI=1S/C18H21N5O5S/c19-17-16(20-7-8-21-17)18(25)28-12-15(24)22-13-5-4-6-14(11-13)29(26,27)23-9-2-1-3-10-23/h4-8,11H,1-3,9-10,12H2,(H2,19,21)(H,22,24). The minimum Gasteiger partial charge on any atom is -0.451 e. The van der Waals surface area contributed by atoms with E-state index in [0.29, 0.717) is 13.1 Å². The number of nitrogens with zero attached hydrogens (tertiary/aromatic N) is 3. The number of sulfonamides is 1. The Hall–Kier alpha value is -3.05. The minimum atomic E-state index is -3.62. The van der Waals surface area contributed by atoms with E-state index in [0.717, 1.165) is 19.3 Å². The Labute approximate surface area is 168 Å². The summed E-state index contributed by atoms with van der Waals surface area (Å²) in [6.07, 6.45) is 5.28. The smallest absolute Gasteiger partial charge is 0.361 e. The van der Waals surface area contributed by atoms with E-state index in [-0.39, 0.29) is 22.1 Å². The molecule has 0 spiro atoms. The Bertz CT molecular complexity index is 1010. The molecule has 0 bridgehead atoms. The van der Waals surface area contributed by atoms with Gasteiger partial charge in [-0.1, -0.05) is 12.5 Å². The van der Waals surface area contributed by atoms with Crippen LogP contribution in [0.1, 0.15) is 29.8 Å². The van der Waals surface area contributed by atoms with Crippen LogP contribution in [0.2, 0.25) is 0 Å². The van der Waals surface area contributed by atoms with E-state index in [1.54, 1.807) is 12.1 Å². The van der Waals surface area contributed by atoms with E-state index in [2.05, 4.69) is 15.3 Å². The molecule has 10 nitrogen and oxygen atoms in total. The molecule has 0 aliphatic carbocycles. The Kier molecular flexibility index (Phi) is 6.39. The highest BCUT2D eigenvalue weighted by molar-refractivity contribution is 7.89. The number of nitrogen functional groups attached to an aromatic ring is 1. The van der Waals surface area contributed by atoms with Crippen LogP contribution in [-0.2, 0) is 19.6 Å². The third kappa shape index (κ3) is 5.06. The van der Waals surface area contributed by atoms with Crippen molar-refractivity contribution in [1.29, 1.82) is 0 Å². The van der Waals surface area contributed by atoms with Crippen LogP contribution in [0.5, 0.6) is 0 Å². The van der Waals surface area contributed by atoms with Crippen molar-refractivity contribution in [3.63, 3.8) is 0 Å². The second kappa shape index (κ2) is 8.97. The van der Waals surface area contributed by atoms with Crippen molar-refractivity contribution in [1.82, 2.24) is 14.3 Å². The van der Waals surface area contributed by atoms with Gasteiger partial charge in [-0.2, -0.15) is 4.31 Å². The third-order valence-corrected chi connectivity index (χ3v) is 6.22. The summed E-state index contributed by atoms with van der Waals surface area (Å²) in [7, 11) is -3.62.